The van der Waals surface area contributed by atoms with E-state index < -0.39 is 0 Å². The second kappa shape index (κ2) is 4.19. The van der Waals surface area contributed by atoms with Crippen molar-refractivity contribution in [1.82, 2.24) is 5.32 Å². The Morgan fingerprint density at radius 2 is 2.00 bits per heavy atom. The molecule has 3 N–H and O–H groups in total. The number of rotatable bonds is 3. The van der Waals surface area contributed by atoms with E-state index in [1.807, 2.05) is 0 Å². The third-order valence-corrected chi connectivity index (χ3v) is 4.21. The molecule has 14 heavy (non-hydrogen) atoms. The zero-order chi connectivity index (χ0) is 10.0. The lowest BCUT2D eigenvalue weighted by Crippen LogP contribution is -2.56. The third kappa shape index (κ3) is 1.96. The highest BCUT2D eigenvalue weighted by molar-refractivity contribution is 5.01. The Morgan fingerprint density at radius 3 is 2.50 bits per heavy atom. The van der Waals surface area contributed by atoms with Gasteiger partial charge in [-0.2, -0.15) is 0 Å². The van der Waals surface area contributed by atoms with Crippen LogP contribution in [0.3, 0.4) is 0 Å². The van der Waals surface area contributed by atoms with E-state index in [1.165, 1.54) is 44.9 Å². The molecule has 0 aromatic rings. The molecule has 82 valence electrons. The SMILES string of the molecule is CC(N)CNC1CCC12CCCCC2. The van der Waals surface area contributed by atoms with Gasteiger partial charge in [0.15, 0.2) is 0 Å². The molecule has 0 radical (unpaired) electrons. The first-order chi connectivity index (χ1) is 6.73. The highest BCUT2D eigenvalue weighted by Gasteiger charge is 2.46. The van der Waals surface area contributed by atoms with Crippen LogP contribution >= 0.6 is 0 Å². The van der Waals surface area contributed by atoms with Crippen LogP contribution in [-0.4, -0.2) is 18.6 Å². The van der Waals surface area contributed by atoms with E-state index in [9.17, 15) is 0 Å². The molecule has 0 saturated heterocycles. The standard InChI is InChI=1S/C12H24N2/c1-10(13)9-14-11-5-8-12(11)6-3-2-4-7-12/h10-11,14H,2-9,13H2,1H3. The molecule has 1 spiro atoms. The second-order valence-electron chi connectivity index (χ2n) is 5.40. The summed E-state index contributed by atoms with van der Waals surface area (Å²) < 4.78 is 0. The summed E-state index contributed by atoms with van der Waals surface area (Å²) in [6, 6.07) is 1.09. The van der Waals surface area contributed by atoms with Gasteiger partial charge in [-0.1, -0.05) is 19.3 Å². The first kappa shape index (κ1) is 10.4. The molecule has 2 atom stereocenters. The lowest BCUT2D eigenvalue weighted by Gasteiger charge is -2.52. The molecule has 2 saturated carbocycles. The average Bonchev–Trinajstić information content (AvgIpc) is 2.17. The predicted molar refractivity (Wildman–Crippen MR) is 60.2 cm³/mol. The van der Waals surface area contributed by atoms with Crippen LogP contribution in [0.4, 0.5) is 0 Å². The number of hydrogen-bond donors (Lipinski definition) is 2. The van der Waals surface area contributed by atoms with Gasteiger partial charge in [0.25, 0.3) is 0 Å². The van der Waals surface area contributed by atoms with Crippen LogP contribution in [0.2, 0.25) is 0 Å². The van der Waals surface area contributed by atoms with Crippen molar-refractivity contribution in [3.8, 4) is 0 Å². The van der Waals surface area contributed by atoms with Gasteiger partial charge in [-0.15, -0.1) is 0 Å². The van der Waals surface area contributed by atoms with Crippen LogP contribution in [0, 0.1) is 5.41 Å². The van der Waals surface area contributed by atoms with E-state index >= 15 is 0 Å². The van der Waals surface area contributed by atoms with Crippen LogP contribution in [0.15, 0.2) is 0 Å². The van der Waals surface area contributed by atoms with E-state index in [2.05, 4.69) is 12.2 Å². The van der Waals surface area contributed by atoms with Gasteiger partial charge in [0.2, 0.25) is 0 Å². The van der Waals surface area contributed by atoms with E-state index in [1.54, 1.807) is 0 Å². The molecule has 0 aromatic carbocycles. The fraction of sp³-hybridized carbons (Fsp3) is 1.00. The van der Waals surface area contributed by atoms with Gasteiger partial charge >= 0.3 is 0 Å². The molecule has 0 aromatic heterocycles. The smallest absolute Gasteiger partial charge is 0.0136 e. The summed E-state index contributed by atoms with van der Waals surface area (Å²) in [6.45, 7) is 3.08. The van der Waals surface area contributed by atoms with Crippen LogP contribution < -0.4 is 11.1 Å². The molecule has 0 amide bonds. The Hall–Kier alpha value is -0.0800. The Balaban J connectivity index is 1.81. The maximum atomic E-state index is 5.77. The molecule has 2 rings (SSSR count). The largest absolute Gasteiger partial charge is 0.327 e. The van der Waals surface area contributed by atoms with E-state index in [4.69, 9.17) is 5.73 Å². The van der Waals surface area contributed by atoms with Gasteiger partial charge in [0.05, 0.1) is 0 Å². The second-order valence-corrected chi connectivity index (χ2v) is 5.40. The molecule has 2 fully saturated rings. The van der Waals surface area contributed by atoms with Gasteiger partial charge in [0.1, 0.15) is 0 Å². The van der Waals surface area contributed by atoms with Crippen molar-refractivity contribution in [2.45, 2.75) is 64.0 Å². The quantitative estimate of drug-likeness (QED) is 0.725. The van der Waals surface area contributed by atoms with Gasteiger partial charge < -0.3 is 11.1 Å². The molecule has 2 heteroatoms. The lowest BCUT2D eigenvalue weighted by atomic mass is 9.57. The monoisotopic (exact) mass is 196 g/mol. The molecule has 2 unspecified atom stereocenters. The van der Waals surface area contributed by atoms with E-state index in [0.29, 0.717) is 11.5 Å². The first-order valence-electron chi connectivity index (χ1n) is 6.22. The van der Waals surface area contributed by atoms with Crippen molar-refractivity contribution in [1.29, 1.82) is 0 Å². The predicted octanol–water partition coefficient (Wildman–Crippen LogP) is 2.04. The zero-order valence-corrected chi connectivity index (χ0v) is 9.39. The Morgan fingerprint density at radius 1 is 1.29 bits per heavy atom. The molecule has 2 aliphatic rings. The van der Waals surface area contributed by atoms with Crippen molar-refractivity contribution in [3.63, 3.8) is 0 Å². The molecular formula is C12H24N2. The van der Waals surface area contributed by atoms with Crippen molar-refractivity contribution in [3.05, 3.63) is 0 Å². The minimum absolute atomic E-state index is 0.302. The van der Waals surface area contributed by atoms with Crippen molar-refractivity contribution in [2.75, 3.05) is 6.54 Å². The van der Waals surface area contributed by atoms with E-state index in [-0.39, 0.29) is 0 Å². The summed E-state index contributed by atoms with van der Waals surface area (Å²) in [4.78, 5) is 0. The van der Waals surface area contributed by atoms with Gasteiger partial charge in [-0.05, 0) is 38.0 Å². The maximum Gasteiger partial charge on any atom is 0.0136 e. The zero-order valence-electron chi connectivity index (χ0n) is 9.39. The van der Waals surface area contributed by atoms with Crippen molar-refractivity contribution >= 4 is 0 Å². The Kier molecular flexibility index (Phi) is 3.13. The molecule has 0 heterocycles. The summed E-state index contributed by atoms with van der Waals surface area (Å²) in [5, 5.41) is 3.65. The fourth-order valence-electron chi connectivity index (χ4n) is 3.20. The highest BCUT2D eigenvalue weighted by Crippen LogP contribution is 2.51. The summed E-state index contributed by atoms with van der Waals surface area (Å²) >= 11 is 0. The average molecular weight is 196 g/mol. The van der Waals surface area contributed by atoms with Crippen molar-refractivity contribution in [2.24, 2.45) is 11.1 Å². The summed E-state index contributed by atoms with van der Waals surface area (Å²) in [7, 11) is 0. The van der Waals surface area contributed by atoms with Crippen LogP contribution in [0.1, 0.15) is 51.9 Å². The first-order valence-corrected chi connectivity index (χ1v) is 6.22. The molecule has 0 aliphatic heterocycles. The molecule has 2 aliphatic carbocycles. The number of hydrogen-bond acceptors (Lipinski definition) is 2. The van der Waals surface area contributed by atoms with Crippen molar-refractivity contribution < 1.29 is 0 Å². The lowest BCUT2D eigenvalue weighted by molar-refractivity contribution is 0.0228. The normalized spacial score (nSPS) is 32.6. The molecule has 2 nitrogen and oxygen atoms in total. The maximum absolute atomic E-state index is 5.77. The molecule has 0 bridgehead atoms. The number of nitrogens with two attached hydrogens (primary N) is 1. The minimum Gasteiger partial charge on any atom is -0.327 e. The minimum atomic E-state index is 0.302. The van der Waals surface area contributed by atoms with Crippen LogP contribution in [0.5, 0.6) is 0 Å². The summed E-state index contributed by atoms with van der Waals surface area (Å²) in [5.41, 5.74) is 6.46. The Bertz CT molecular complexity index is 183. The summed E-state index contributed by atoms with van der Waals surface area (Å²) in [6.07, 6.45) is 10.1. The Labute approximate surface area is 87.6 Å². The van der Waals surface area contributed by atoms with Crippen LogP contribution in [-0.2, 0) is 0 Å². The number of nitrogens with one attached hydrogen (secondary N) is 1. The summed E-state index contributed by atoms with van der Waals surface area (Å²) in [5.74, 6) is 0. The van der Waals surface area contributed by atoms with Gasteiger partial charge in [0, 0.05) is 18.6 Å². The fourth-order valence-corrected chi connectivity index (χ4v) is 3.20. The van der Waals surface area contributed by atoms with Gasteiger partial charge in [-0.25, -0.2) is 0 Å². The third-order valence-electron chi connectivity index (χ3n) is 4.21. The van der Waals surface area contributed by atoms with E-state index in [0.717, 1.165) is 12.6 Å². The highest BCUT2D eigenvalue weighted by atomic mass is 15.0. The van der Waals surface area contributed by atoms with Crippen LogP contribution in [0.25, 0.3) is 0 Å². The van der Waals surface area contributed by atoms with Gasteiger partial charge in [-0.3, -0.25) is 0 Å². The molecular weight excluding hydrogens is 172 g/mol. The topological polar surface area (TPSA) is 38.0 Å².